The van der Waals surface area contributed by atoms with Crippen molar-refractivity contribution in [2.24, 2.45) is 0 Å². The third-order valence-corrected chi connectivity index (χ3v) is 14.0. The minimum absolute atomic E-state index is 0.530. The molecule has 1 aliphatic rings. The van der Waals surface area contributed by atoms with Gasteiger partial charge < -0.3 is 8.98 Å². The van der Waals surface area contributed by atoms with E-state index in [1.807, 2.05) is 12.1 Å². The Kier molecular flexibility index (Phi) is 7.28. The molecule has 15 rings (SSSR count). The molecule has 0 saturated carbocycles. The molecule has 4 heterocycles. The fourth-order valence-corrected chi connectivity index (χ4v) is 11.0. The van der Waals surface area contributed by atoms with E-state index in [2.05, 4.69) is 204 Å². The predicted molar refractivity (Wildman–Crippen MR) is 275 cm³/mol. The molecule has 6 nitrogen and oxygen atoms in total. The molecule has 0 radical (unpaired) electrons. The van der Waals surface area contributed by atoms with Crippen molar-refractivity contribution in [1.82, 2.24) is 24.1 Å². The fraction of sp³-hybridized carbons (Fsp3) is 0. The molecule has 0 fully saturated rings. The Labute approximate surface area is 382 Å². The lowest BCUT2D eigenvalue weighted by Crippen LogP contribution is -2.08. The van der Waals surface area contributed by atoms with Gasteiger partial charge in [0, 0.05) is 55.1 Å². The number of fused-ring (bicyclic) bond motifs is 14. The molecule has 14 aromatic rings. The van der Waals surface area contributed by atoms with Crippen LogP contribution in [0.3, 0.4) is 0 Å². The zero-order valence-corrected chi connectivity index (χ0v) is 35.9. The second kappa shape index (κ2) is 13.5. The highest BCUT2D eigenvalue weighted by molar-refractivity contribution is 6.18. The van der Waals surface area contributed by atoms with Gasteiger partial charge in [-0.3, -0.25) is 4.57 Å². The topological polar surface area (TPSA) is 61.7 Å². The molecule has 10 aromatic carbocycles. The molecular formula is C61H35N5O. The average molecular weight is 854 g/mol. The smallest absolute Gasteiger partial charge is 0.238 e. The summed E-state index contributed by atoms with van der Waals surface area (Å²) in [5.74, 6) is 1.65. The van der Waals surface area contributed by atoms with E-state index in [0.717, 1.165) is 121 Å². The van der Waals surface area contributed by atoms with Gasteiger partial charge in [0.25, 0.3) is 0 Å². The van der Waals surface area contributed by atoms with E-state index in [-0.39, 0.29) is 0 Å². The molecule has 4 aromatic heterocycles. The Hall–Kier alpha value is -9.13. The average Bonchev–Trinajstić information content (AvgIpc) is 4.10. The van der Waals surface area contributed by atoms with Gasteiger partial charge in [-0.15, -0.1) is 0 Å². The van der Waals surface area contributed by atoms with E-state index in [1.54, 1.807) is 0 Å². The predicted octanol–water partition coefficient (Wildman–Crippen LogP) is 15.6. The molecule has 0 spiro atoms. The Bertz CT molecular complexity index is 4340. The number of nitrogens with zero attached hydrogens (tertiary/aromatic N) is 5. The van der Waals surface area contributed by atoms with Crippen LogP contribution in [0, 0.1) is 0 Å². The zero-order chi connectivity index (χ0) is 43.9. The molecule has 0 N–H and O–H groups in total. The molecule has 0 bridgehead atoms. The molecule has 0 aliphatic heterocycles. The van der Waals surface area contributed by atoms with Crippen molar-refractivity contribution < 1.29 is 4.42 Å². The first-order valence-corrected chi connectivity index (χ1v) is 22.6. The van der Waals surface area contributed by atoms with Gasteiger partial charge in [-0.05, 0) is 92.3 Å². The van der Waals surface area contributed by atoms with Gasteiger partial charge in [-0.2, -0.15) is 9.97 Å². The molecular weight excluding hydrogens is 819 g/mol. The molecule has 310 valence electrons. The fourth-order valence-electron chi connectivity index (χ4n) is 11.0. The summed E-state index contributed by atoms with van der Waals surface area (Å²) in [6.45, 7) is 4.57. The van der Waals surface area contributed by atoms with Crippen molar-refractivity contribution in [2.45, 2.75) is 0 Å². The van der Waals surface area contributed by atoms with Crippen molar-refractivity contribution in [2.75, 3.05) is 0 Å². The van der Waals surface area contributed by atoms with Crippen molar-refractivity contribution in [3.8, 4) is 45.5 Å². The van der Waals surface area contributed by atoms with Crippen molar-refractivity contribution >= 4 is 92.7 Å². The van der Waals surface area contributed by atoms with Crippen LogP contribution >= 0.6 is 0 Å². The van der Waals surface area contributed by atoms with Gasteiger partial charge in [0.1, 0.15) is 11.2 Å². The lowest BCUT2D eigenvalue weighted by atomic mass is 9.98. The minimum Gasteiger partial charge on any atom is -0.456 e. The largest absolute Gasteiger partial charge is 0.456 e. The Morgan fingerprint density at radius 2 is 0.866 bits per heavy atom. The number of para-hydroxylation sites is 3. The summed E-state index contributed by atoms with van der Waals surface area (Å²) in [6.07, 6.45) is 0. The third-order valence-electron chi connectivity index (χ3n) is 14.0. The first-order chi connectivity index (χ1) is 33.1. The second-order valence-corrected chi connectivity index (χ2v) is 17.6. The summed E-state index contributed by atoms with van der Waals surface area (Å²) >= 11 is 0. The SMILES string of the molecule is C=C1c2ccccc2-c2c1cccc2-c1nc(-c2cc3c(cc2-n2c4cc5ccccc5cc4c4cc5ccccc5cc42)oc2ccccc23)nc(-n2c3ccccc3c3ccccc32)n1. The van der Waals surface area contributed by atoms with Gasteiger partial charge in [0.2, 0.25) is 5.95 Å². The normalized spacial score (nSPS) is 12.5. The maximum Gasteiger partial charge on any atom is 0.238 e. The van der Waals surface area contributed by atoms with Crippen LogP contribution in [-0.4, -0.2) is 24.1 Å². The number of hydrogen-bond acceptors (Lipinski definition) is 4. The molecule has 0 saturated heterocycles. The van der Waals surface area contributed by atoms with Gasteiger partial charge in [0.15, 0.2) is 11.6 Å². The molecule has 0 unspecified atom stereocenters. The maximum absolute atomic E-state index is 6.73. The number of rotatable bonds is 4. The molecule has 6 heteroatoms. The molecule has 1 aliphatic carbocycles. The first kappa shape index (κ1) is 36.2. The molecule has 0 atom stereocenters. The van der Waals surface area contributed by atoms with Crippen LogP contribution in [0.25, 0.3) is 138 Å². The lowest BCUT2D eigenvalue weighted by molar-refractivity contribution is 0.668. The van der Waals surface area contributed by atoms with Gasteiger partial charge >= 0.3 is 0 Å². The van der Waals surface area contributed by atoms with E-state index in [0.29, 0.717) is 17.6 Å². The highest BCUT2D eigenvalue weighted by Crippen LogP contribution is 2.48. The molecule has 0 amide bonds. The Balaban J connectivity index is 1.11. The monoisotopic (exact) mass is 853 g/mol. The van der Waals surface area contributed by atoms with E-state index >= 15 is 0 Å². The Morgan fingerprint density at radius 3 is 1.54 bits per heavy atom. The van der Waals surface area contributed by atoms with Crippen LogP contribution in [-0.2, 0) is 0 Å². The summed E-state index contributed by atoms with van der Waals surface area (Å²) in [5.41, 5.74) is 13.8. The summed E-state index contributed by atoms with van der Waals surface area (Å²) in [4.78, 5) is 16.7. The van der Waals surface area contributed by atoms with Crippen LogP contribution < -0.4 is 0 Å². The maximum atomic E-state index is 6.73. The molecule has 67 heavy (non-hydrogen) atoms. The summed E-state index contributed by atoms with van der Waals surface area (Å²) in [5, 5.41) is 11.3. The Morgan fingerprint density at radius 1 is 0.343 bits per heavy atom. The van der Waals surface area contributed by atoms with E-state index in [9.17, 15) is 0 Å². The third kappa shape index (κ3) is 5.12. The first-order valence-electron chi connectivity index (χ1n) is 22.6. The van der Waals surface area contributed by atoms with Crippen LogP contribution in [0.1, 0.15) is 11.1 Å². The number of furan rings is 1. The van der Waals surface area contributed by atoms with Gasteiger partial charge in [-0.25, -0.2) is 4.98 Å². The zero-order valence-electron chi connectivity index (χ0n) is 35.9. The van der Waals surface area contributed by atoms with Crippen molar-refractivity contribution in [3.63, 3.8) is 0 Å². The van der Waals surface area contributed by atoms with Crippen LogP contribution in [0.5, 0.6) is 0 Å². The van der Waals surface area contributed by atoms with Crippen LogP contribution in [0.2, 0.25) is 0 Å². The van der Waals surface area contributed by atoms with E-state index in [1.165, 1.54) is 10.8 Å². The summed E-state index contributed by atoms with van der Waals surface area (Å²) in [6, 6.07) is 71.1. The quantitative estimate of drug-likeness (QED) is 0.177. The van der Waals surface area contributed by atoms with Crippen LogP contribution in [0.4, 0.5) is 0 Å². The van der Waals surface area contributed by atoms with Crippen LogP contribution in [0.15, 0.2) is 211 Å². The van der Waals surface area contributed by atoms with Crippen molar-refractivity contribution in [3.05, 3.63) is 218 Å². The number of aromatic nitrogens is 5. The van der Waals surface area contributed by atoms with E-state index in [4.69, 9.17) is 19.4 Å². The standard InChI is InChI=1S/C61H35N5O/c1-35-40-19-6-7-23-45(40)58-41(35)24-14-25-46(58)59-62-60(64-61(63-59)66-51-26-11-8-20-42(51)43-21-9-12-27-52(43)66)50-33-49-44-22-10-13-28-56(44)67-57(49)34-55(50)65-53-31-38-17-4-2-15-36(38)29-47(53)48-30-37-16-3-5-18-39(37)32-54(48)65/h2-34H,1H2. The number of benzene rings is 10. The van der Waals surface area contributed by atoms with Gasteiger partial charge in [-0.1, -0.05) is 152 Å². The highest BCUT2D eigenvalue weighted by atomic mass is 16.3. The minimum atomic E-state index is 0.530. The summed E-state index contributed by atoms with van der Waals surface area (Å²) in [7, 11) is 0. The van der Waals surface area contributed by atoms with Gasteiger partial charge in [0.05, 0.1) is 27.8 Å². The van der Waals surface area contributed by atoms with E-state index < -0.39 is 0 Å². The summed E-state index contributed by atoms with van der Waals surface area (Å²) < 4.78 is 11.3. The lowest BCUT2D eigenvalue weighted by Gasteiger charge is -2.17. The van der Waals surface area contributed by atoms with Crippen molar-refractivity contribution in [1.29, 1.82) is 0 Å². The number of hydrogen-bond donors (Lipinski definition) is 0. The highest BCUT2D eigenvalue weighted by Gasteiger charge is 2.28. The second-order valence-electron chi connectivity index (χ2n) is 17.6.